The van der Waals surface area contributed by atoms with Gasteiger partial charge in [0.1, 0.15) is 5.69 Å². The largest absolute Gasteiger partial charge is 0.289 e. The minimum absolute atomic E-state index is 0.250. The van der Waals surface area contributed by atoms with Gasteiger partial charge in [0.2, 0.25) is 0 Å². The molecule has 98 valence electrons. The average Bonchev–Trinajstić information content (AvgIpc) is 2.46. The molecule has 0 spiro atoms. The smallest absolute Gasteiger partial charge is 0.283 e. The minimum Gasteiger partial charge on any atom is -0.289 e. The van der Waals surface area contributed by atoms with Crippen molar-refractivity contribution in [2.24, 2.45) is 5.84 Å². The van der Waals surface area contributed by atoms with Gasteiger partial charge in [-0.15, -0.1) is 0 Å². The number of nitrogens with two attached hydrogens (primary N) is 1. The van der Waals surface area contributed by atoms with E-state index in [0.29, 0.717) is 10.9 Å². The van der Waals surface area contributed by atoms with E-state index < -0.39 is 5.91 Å². The van der Waals surface area contributed by atoms with Crippen LogP contribution in [0.5, 0.6) is 0 Å². The Kier molecular flexibility index (Phi) is 4.52. The van der Waals surface area contributed by atoms with Gasteiger partial charge in [-0.1, -0.05) is 39.8 Å². The highest BCUT2D eigenvalue weighted by Crippen LogP contribution is 2.22. The van der Waals surface area contributed by atoms with Crippen LogP contribution in [0.4, 0.5) is 0 Å². The van der Waals surface area contributed by atoms with Crippen LogP contribution in [-0.2, 0) is 0 Å². The van der Waals surface area contributed by atoms with Crippen molar-refractivity contribution in [3.8, 4) is 11.3 Å². The molecule has 1 amide bonds. The normalized spacial score (nSPS) is 10.3. The second-order valence-electron chi connectivity index (χ2n) is 3.61. The van der Waals surface area contributed by atoms with Gasteiger partial charge in [0.25, 0.3) is 5.91 Å². The zero-order valence-corrected chi connectivity index (χ0v) is 12.5. The molecule has 7 heteroatoms. The van der Waals surface area contributed by atoms with Crippen molar-refractivity contribution in [2.75, 3.05) is 6.26 Å². The summed E-state index contributed by atoms with van der Waals surface area (Å²) in [5.41, 5.74) is 3.92. The van der Waals surface area contributed by atoms with Crippen molar-refractivity contribution < 1.29 is 4.79 Å². The summed E-state index contributed by atoms with van der Waals surface area (Å²) < 4.78 is 0.982. The van der Waals surface area contributed by atoms with Crippen LogP contribution < -0.4 is 11.3 Å². The van der Waals surface area contributed by atoms with Gasteiger partial charge in [0.05, 0.1) is 5.69 Å². The quantitative estimate of drug-likeness (QED) is 0.295. The van der Waals surface area contributed by atoms with E-state index in [1.807, 2.05) is 30.5 Å². The maximum atomic E-state index is 11.6. The molecule has 1 heterocycles. The number of nitrogens with one attached hydrogen (secondary N) is 1. The molecule has 0 saturated carbocycles. The molecule has 0 aliphatic rings. The van der Waals surface area contributed by atoms with Gasteiger partial charge < -0.3 is 0 Å². The van der Waals surface area contributed by atoms with E-state index in [2.05, 4.69) is 31.3 Å². The fraction of sp³-hybridized carbons (Fsp3) is 0.0833. The second kappa shape index (κ2) is 6.14. The van der Waals surface area contributed by atoms with E-state index in [1.165, 1.54) is 11.8 Å². The first-order valence-corrected chi connectivity index (χ1v) is 7.36. The van der Waals surface area contributed by atoms with Crippen molar-refractivity contribution in [3.05, 3.63) is 40.5 Å². The molecule has 1 aromatic heterocycles. The predicted molar refractivity (Wildman–Crippen MR) is 78.6 cm³/mol. The summed E-state index contributed by atoms with van der Waals surface area (Å²) in [5.74, 6) is 4.70. The van der Waals surface area contributed by atoms with Crippen LogP contribution in [-0.4, -0.2) is 22.1 Å². The Morgan fingerprint density at radius 1 is 1.32 bits per heavy atom. The Balaban J connectivity index is 2.50. The molecular weight excluding hydrogens is 328 g/mol. The maximum absolute atomic E-state index is 11.6. The lowest BCUT2D eigenvalue weighted by atomic mass is 10.1. The van der Waals surface area contributed by atoms with Crippen molar-refractivity contribution >= 4 is 33.6 Å². The Bertz CT molecular complexity index is 603. The minimum atomic E-state index is -0.434. The molecule has 2 aromatic rings. The molecule has 0 unspecified atom stereocenters. The number of halogens is 1. The van der Waals surface area contributed by atoms with Gasteiger partial charge in [0.15, 0.2) is 5.16 Å². The van der Waals surface area contributed by atoms with Gasteiger partial charge in [0, 0.05) is 10.0 Å². The number of benzene rings is 1. The van der Waals surface area contributed by atoms with Gasteiger partial charge >= 0.3 is 0 Å². The van der Waals surface area contributed by atoms with Crippen LogP contribution in [0.1, 0.15) is 10.5 Å². The number of aromatic nitrogens is 2. The number of nitrogen functional groups attached to an aromatic ring is 1. The van der Waals surface area contributed by atoms with Crippen LogP contribution in [0, 0.1) is 0 Å². The molecule has 0 radical (unpaired) electrons. The first kappa shape index (κ1) is 14.0. The lowest BCUT2D eigenvalue weighted by Crippen LogP contribution is -2.31. The maximum Gasteiger partial charge on any atom is 0.283 e. The highest BCUT2D eigenvalue weighted by atomic mass is 79.9. The SMILES string of the molecule is CSc1nc(C(=O)NN)cc(-c2ccc(Br)cc2)n1. The van der Waals surface area contributed by atoms with E-state index in [9.17, 15) is 4.79 Å². The van der Waals surface area contributed by atoms with Crippen LogP contribution in [0.2, 0.25) is 0 Å². The molecule has 0 saturated heterocycles. The summed E-state index contributed by atoms with van der Waals surface area (Å²) >= 11 is 4.75. The van der Waals surface area contributed by atoms with E-state index in [0.717, 1.165) is 10.0 Å². The Hall–Kier alpha value is -1.44. The van der Waals surface area contributed by atoms with Gasteiger partial charge in [-0.3, -0.25) is 10.2 Å². The lowest BCUT2D eigenvalue weighted by Gasteiger charge is -2.06. The topological polar surface area (TPSA) is 80.9 Å². The third kappa shape index (κ3) is 3.31. The van der Waals surface area contributed by atoms with Crippen molar-refractivity contribution in [2.45, 2.75) is 5.16 Å². The standard InChI is InChI=1S/C12H11BrN4OS/c1-19-12-15-9(6-10(16-12)11(18)17-14)7-2-4-8(13)5-3-7/h2-6H,14H2,1H3,(H,17,18). The molecule has 1 aromatic carbocycles. The summed E-state index contributed by atoms with van der Waals surface area (Å²) in [7, 11) is 0. The van der Waals surface area contributed by atoms with Gasteiger partial charge in [-0.25, -0.2) is 15.8 Å². The molecule has 0 fully saturated rings. The second-order valence-corrected chi connectivity index (χ2v) is 5.29. The van der Waals surface area contributed by atoms with E-state index in [1.54, 1.807) is 6.07 Å². The molecule has 5 nitrogen and oxygen atoms in total. The summed E-state index contributed by atoms with van der Waals surface area (Å²) in [4.78, 5) is 20.1. The van der Waals surface area contributed by atoms with E-state index in [4.69, 9.17) is 5.84 Å². The molecule has 0 aliphatic carbocycles. The molecule has 0 bridgehead atoms. The van der Waals surface area contributed by atoms with Gasteiger partial charge in [-0.05, 0) is 24.5 Å². The Morgan fingerprint density at radius 3 is 2.58 bits per heavy atom. The van der Waals surface area contributed by atoms with Crippen LogP contribution in [0.3, 0.4) is 0 Å². The number of nitrogens with zero attached hydrogens (tertiary/aromatic N) is 2. The van der Waals surface area contributed by atoms with Crippen LogP contribution in [0.25, 0.3) is 11.3 Å². The summed E-state index contributed by atoms with van der Waals surface area (Å²) in [6.45, 7) is 0. The molecule has 0 atom stereocenters. The highest BCUT2D eigenvalue weighted by molar-refractivity contribution is 9.10. The molecule has 2 rings (SSSR count). The lowest BCUT2D eigenvalue weighted by molar-refractivity contribution is 0.0948. The van der Waals surface area contributed by atoms with Crippen molar-refractivity contribution in [1.82, 2.24) is 15.4 Å². The third-order valence-electron chi connectivity index (χ3n) is 2.39. The molecule has 0 aliphatic heterocycles. The number of hydrogen-bond donors (Lipinski definition) is 2. The first-order chi connectivity index (χ1) is 9.13. The zero-order chi connectivity index (χ0) is 13.8. The molecular formula is C12H11BrN4OS. The number of amides is 1. The zero-order valence-electron chi connectivity index (χ0n) is 10.1. The monoisotopic (exact) mass is 338 g/mol. The van der Waals surface area contributed by atoms with Crippen molar-refractivity contribution in [3.63, 3.8) is 0 Å². The van der Waals surface area contributed by atoms with Crippen LogP contribution >= 0.6 is 27.7 Å². The number of hydrogen-bond acceptors (Lipinski definition) is 5. The number of rotatable bonds is 3. The van der Waals surface area contributed by atoms with E-state index in [-0.39, 0.29) is 5.69 Å². The Morgan fingerprint density at radius 2 is 2.00 bits per heavy atom. The van der Waals surface area contributed by atoms with Crippen LogP contribution in [0.15, 0.2) is 40.0 Å². The number of carbonyl (C=O) groups is 1. The third-order valence-corrected chi connectivity index (χ3v) is 3.47. The number of hydrazine groups is 1. The molecule has 19 heavy (non-hydrogen) atoms. The van der Waals surface area contributed by atoms with Gasteiger partial charge in [-0.2, -0.15) is 0 Å². The molecule has 3 N–H and O–H groups in total. The van der Waals surface area contributed by atoms with Crippen molar-refractivity contribution in [1.29, 1.82) is 0 Å². The average molecular weight is 339 g/mol. The Labute approximate surface area is 123 Å². The number of thioether (sulfide) groups is 1. The summed E-state index contributed by atoms with van der Waals surface area (Å²) in [6.07, 6.45) is 1.85. The predicted octanol–water partition coefficient (Wildman–Crippen LogP) is 2.23. The first-order valence-electron chi connectivity index (χ1n) is 5.34. The number of carbonyl (C=O) groups excluding carboxylic acids is 1. The summed E-state index contributed by atoms with van der Waals surface area (Å²) in [5, 5.41) is 0.527. The fourth-order valence-corrected chi connectivity index (χ4v) is 2.12. The fourth-order valence-electron chi connectivity index (χ4n) is 1.48. The van der Waals surface area contributed by atoms with E-state index >= 15 is 0 Å². The summed E-state index contributed by atoms with van der Waals surface area (Å²) in [6, 6.07) is 9.28. The highest BCUT2D eigenvalue weighted by Gasteiger charge is 2.11.